The first kappa shape index (κ1) is 50.5. The molecule has 3 heteroatoms. The van der Waals surface area contributed by atoms with E-state index in [1.165, 1.54) is 115 Å². The van der Waals surface area contributed by atoms with Crippen molar-refractivity contribution in [2.45, 2.75) is 228 Å². The number of ketones is 2. The average Bonchev–Trinajstić information content (AvgIpc) is 3.09. The first-order valence-corrected chi connectivity index (χ1v) is 22.5. The van der Waals surface area contributed by atoms with Gasteiger partial charge in [-0.25, -0.2) is 0 Å². The molecule has 1 unspecified atom stereocenters. The second-order valence-electron chi connectivity index (χ2n) is 17.9. The highest BCUT2D eigenvalue weighted by atomic mass is 16.1. The van der Waals surface area contributed by atoms with Crippen LogP contribution in [0.15, 0.2) is 36.5 Å². The average molecular weight is 726 g/mol. The van der Waals surface area contributed by atoms with Crippen LogP contribution in [0.4, 0.5) is 0 Å². The Morgan fingerprint density at radius 3 is 1.54 bits per heavy atom. The van der Waals surface area contributed by atoms with Crippen molar-refractivity contribution in [2.24, 2.45) is 16.7 Å². The van der Waals surface area contributed by atoms with Crippen LogP contribution in [0.25, 0.3) is 0 Å². The molecular weight excluding hydrogens is 635 g/mol. The summed E-state index contributed by atoms with van der Waals surface area (Å²) in [7, 11) is 4.17. The number of nitrogens with zero attached hydrogens (tertiary/aromatic N) is 1. The summed E-state index contributed by atoms with van der Waals surface area (Å²) in [6.45, 7) is 19.1. The Kier molecular flexibility index (Phi) is 32.0. The zero-order valence-electron chi connectivity index (χ0n) is 36.6. The zero-order valence-corrected chi connectivity index (χ0v) is 36.6. The molecule has 0 aromatic carbocycles. The molecular formula is C49H91NO2. The molecule has 3 nitrogen and oxygen atoms in total. The third kappa shape index (κ3) is 29.9. The van der Waals surface area contributed by atoms with Crippen LogP contribution >= 0.6 is 0 Å². The highest BCUT2D eigenvalue weighted by molar-refractivity contribution is 5.84. The number of hydrogen-bond acceptors (Lipinski definition) is 3. The largest absolute Gasteiger partial charge is 0.309 e. The van der Waals surface area contributed by atoms with E-state index in [2.05, 4.69) is 91.4 Å². The summed E-state index contributed by atoms with van der Waals surface area (Å²) in [5.41, 5.74) is 1.35. The molecule has 0 amide bonds. The number of rotatable bonds is 38. The van der Waals surface area contributed by atoms with Crippen LogP contribution in [0.3, 0.4) is 0 Å². The third-order valence-corrected chi connectivity index (χ3v) is 11.6. The second-order valence-corrected chi connectivity index (χ2v) is 17.9. The Hall–Kier alpha value is -1.48. The lowest BCUT2D eigenvalue weighted by Gasteiger charge is -2.27. The van der Waals surface area contributed by atoms with Gasteiger partial charge in [-0.15, -0.1) is 0 Å². The Bertz CT molecular complexity index is 877. The maximum Gasteiger partial charge on any atom is 0.138 e. The molecule has 0 aliphatic carbocycles. The van der Waals surface area contributed by atoms with E-state index in [4.69, 9.17) is 0 Å². The van der Waals surface area contributed by atoms with Crippen LogP contribution in [-0.4, -0.2) is 37.1 Å². The molecule has 0 bridgehead atoms. The summed E-state index contributed by atoms with van der Waals surface area (Å²) in [5, 5.41) is 0. The van der Waals surface area contributed by atoms with E-state index in [0.29, 0.717) is 30.3 Å². The Morgan fingerprint density at radius 2 is 1.02 bits per heavy atom. The fraction of sp³-hybridized carbons (Fsp3) is 0.837. The molecule has 0 fully saturated rings. The minimum atomic E-state index is -0.237. The number of carbonyl (C=O) groups excluding carboxylic acids is 2. The maximum atomic E-state index is 13.0. The first-order valence-electron chi connectivity index (χ1n) is 22.5. The summed E-state index contributed by atoms with van der Waals surface area (Å²) >= 11 is 0. The molecule has 0 aliphatic heterocycles. The quantitative estimate of drug-likeness (QED) is 0.0470. The molecule has 1 atom stereocenters. The van der Waals surface area contributed by atoms with Crippen LogP contribution in [0.2, 0.25) is 0 Å². The molecule has 0 heterocycles. The van der Waals surface area contributed by atoms with Gasteiger partial charge >= 0.3 is 0 Å². The SMILES string of the molecule is C=C(CC/C=C\CCCCCCC)C(C)(C)CCCCCC(CCCCCC(C)(C)C(=O)CC/C=C\CCCCCCC)CC(=O)CCCN(C)C. The van der Waals surface area contributed by atoms with Gasteiger partial charge in [0.1, 0.15) is 11.6 Å². The number of Topliss-reactive ketones (excluding diaryl/α,β-unsaturated/α-hetero) is 2. The van der Waals surface area contributed by atoms with Crippen molar-refractivity contribution >= 4 is 11.6 Å². The molecule has 0 saturated heterocycles. The number of hydrogen-bond donors (Lipinski definition) is 0. The Morgan fingerprint density at radius 1 is 0.558 bits per heavy atom. The van der Waals surface area contributed by atoms with Crippen LogP contribution in [0, 0.1) is 16.7 Å². The van der Waals surface area contributed by atoms with Gasteiger partial charge < -0.3 is 4.90 Å². The Balaban J connectivity index is 4.57. The summed E-state index contributed by atoms with van der Waals surface area (Å²) in [4.78, 5) is 28.1. The van der Waals surface area contributed by atoms with Crippen LogP contribution < -0.4 is 0 Å². The van der Waals surface area contributed by atoms with Crippen LogP contribution in [0.5, 0.6) is 0 Å². The topological polar surface area (TPSA) is 37.4 Å². The van der Waals surface area contributed by atoms with Gasteiger partial charge in [0, 0.05) is 24.7 Å². The normalized spacial score (nSPS) is 13.2. The second kappa shape index (κ2) is 32.9. The van der Waals surface area contributed by atoms with Gasteiger partial charge in [0.05, 0.1) is 0 Å². The predicted molar refractivity (Wildman–Crippen MR) is 232 cm³/mol. The van der Waals surface area contributed by atoms with E-state index >= 15 is 0 Å². The first-order chi connectivity index (χ1) is 24.9. The standard InChI is InChI=1S/C49H91NO2/c1-10-12-14-16-18-20-22-24-28-35-44(3)48(4,5)40-32-26-29-36-45(43-46(51)38-34-42-50(8)9)37-30-27-33-41-49(6,7)47(52)39-31-25-23-21-19-17-15-13-11-2/h22-25,45H,3,10-21,26-43H2,1-2,4-9H3/b24-22-,25-23-. The third-order valence-electron chi connectivity index (χ3n) is 11.6. The van der Waals surface area contributed by atoms with E-state index in [-0.39, 0.29) is 10.8 Å². The Labute approximate surface area is 326 Å². The molecule has 304 valence electrons. The minimum absolute atomic E-state index is 0.190. The number of allylic oxidation sites excluding steroid dienone is 5. The molecule has 0 N–H and O–H groups in total. The van der Waals surface area contributed by atoms with Gasteiger partial charge in [-0.2, -0.15) is 0 Å². The molecule has 0 spiro atoms. The highest BCUT2D eigenvalue weighted by Crippen LogP contribution is 2.35. The van der Waals surface area contributed by atoms with Crippen molar-refractivity contribution in [3.05, 3.63) is 36.5 Å². The fourth-order valence-electron chi connectivity index (χ4n) is 7.39. The zero-order chi connectivity index (χ0) is 38.9. The monoisotopic (exact) mass is 726 g/mol. The van der Waals surface area contributed by atoms with Crippen molar-refractivity contribution in [1.29, 1.82) is 0 Å². The predicted octanol–water partition coefficient (Wildman–Crippen LogP) is 15.4. The highest BCUT2D eigenvalue weighted by Gasteiger charge is 2.26. The van der Waals surface area contributed by atoms with Crippen molar-refractivity contribution in [3.63, 3.8) is 0 Å². The molecule has 0 radical (unpaired) electrons. The van der Waals surface area contributed by atoms with Crippen molar-refractivity contribution in [1.82, 2.24) is 4.90 Å². The molecule has 0 saturated carbocycles. The van der Waals surface area contributed by atoms with E-state index in [1.54, 1.807) is 0 Å². The number of unbranched alkanes of at least 4 members (excludes halogenated alkanes) is 14. The lowest BCUT2D eigenvalue weighted by Crippen LogP contribution is -2.23. The van der Waals surface area contributed by atoms with E-state index in [0.717, 1.165) is 70.8 Å². The number of carbonyl (C=O) groups is 2. The molecule has 0 rings (SSSR count). The van der Waals surface area contributed by atoms with Gasteiger partial charge in [-0.05, 0) is 96.2 Å². The molecule has 52 heavy (non-hydrogen) atoms. The maximum absolute atomic E-state index is 13.0. The van der Waals surface area contributed by atoms with E-state index in [9.17, 15) is 9.59 Å². The summed E-state index contributed by atoms with van der Waals surface area (Å²) in [6, 6.07) is 0. The molecule has 0 aliphatic rings. The van der Waals surface area contributed by atoms with Crippen LogP contribution in [0.1, 0.15) is 228 Å². The summed E-state index contributed by atoms with van der Waals surface area (Å²) in [6.07, 6.45) is 42.8. The van der Waals surface area contributed by atoms with E-state index in [1.807, 2.05) is 0 Å². The van der Waals surface area contributed by atoms with Gasteiger partial charge in [0.15, 0.2) is 0 Å². The molecule has 0 aromatic heterocycles. The lowest BCUT2D eigenvalue weighted by atomic mass is 9.78. The summed E-state index contributed by atoms with van der Waals surface area (Å²) < 4.78 is 0. The van der Waals surface area contributed by atoms with Gasteiger partial charge in [-0.1, -0.05) is 181 Å². The fourth-order valence-corrected chi connectivity index (χ4v) is 7.39. The van der Waals surface area contributed by atoms with Gasteiger partial charge in [0.25, 0.3) is 0 Å². The van der Waals surface area contributed by atoms with E-state index < -0.39 is 0 Å². The van der Waals surface area contributed by atoms with Gasteiger partial charge in [-0.3, -0.25) is 9.59 Å². The smallest absolute Gasteiger partial charge is 0.138 e. The van der Waals surface area contributed by atoms with Crippen LogP contribution in [-0.2, 0) is 9.59 Å². The lowest BCUT2D eigenvalue weighted by molar-refractivity contribution is -0.127. The summed E-state index contributed by atoms with van der Waals surface area (Å²) in [5.74, 6) is 1.36. The van der Waals surface area contributed by atoms with Crippen molar-refractivity contribution in [3.8, 4) is 0 Å². The van der Waals surface area contributed by atoms with Crippen molar-refractivity contribution in [2.75, 3.05) is 20.6 Å². The minimum Gasteiger partial charge on any atom is -0.309 e. The van der Waals surface area contributed by atoms with Crippen molar-refractivity contribution < 1.29 is 9.59 Å². The molecule has 0 aromatic rings. The van der Waals surface area contributed by atoms with Gasteiger partial charge in [0.2, 0.25) is 0 Å².